The van der Waals surface area contributed by atoms with E-state index in [4.69, 9.17) is 5.73 Å². The van der Waals surface area contributed by atoms with Crippen LogP contribution in [0.25, 0.3) is 0 Å². The summed E-state index contributed by atoms with van der Waals surface area (Å²) < 4.78 is 0. The fourth-order valence-electron chi connectivity index (χ4n) is 3.54. The molecule has 2 heterocycles. The van der Waals surface area contributed by atoms with Gasteiger partial charge in [-0.15, -0.1) is 0 Å². The summed E-state index contributed by atoms with van der Waals surface area (Å²) in [4.78, 5) is 39.2. The SMILES string of the molecule is CC(N)C1CCCN(C(=O)c2ccc(CN3C(=O)CCC3=O)cc2)C1. The van der Waals surface area contributed by atoms with Crippen LogP contribution in [-0.2, 0) is 16.1 Å². The molecule has 2 aliphatic rings. The maximum Gasteiger partial charge on any atom is 0.253 e. The van der Waals surface area contributed by atoms with Crippen LogP contribution in [0.4, 0.5) is 0 Å². The molecule has 134 valence electrons. The number of imide groups is 1. The first-order chi connectivity index (χ1) is 12.0. The fourth-order valence-corrected chi connectivity index (χ4v) is 3.54. The summed E-state index contributed by atoms with van der Waals surface area (Å²) in [5.41, 5.74) is 7.48. The zero-order valence-electron chi connectivity index (χ0n) is 14.6. The summed E-state index contributed by atoms with van der Waals surface area (Å²) in [6.07, 6.45) is 2.64. The van der Waals surface area contributed by atoms with Crippen molar-refractivity contribution in [2.45, 2.75) is 45.2 Å². The van der Waals surface area contributed by atoms with E-state index in [0.717, 1.165) is 24.9 Å². The quantitative estimate of drug-likeness (QED) is 0.841. The van der Waals surface area contributed by atoms with Gasteiger partial charge in [0.25, 0.3) is 5.91 Å². The van der Waals surface area contributed by atoms with E-state index in [1.807, 2.05) is 24.0 Å². The van der Waals surface area contributed by atoms with Gasteiger partial charge in [-0.1, -0.05) is 12.1 Å². The third-order valence-corrected chi connectivity index (χ3v) is 5.19. The van der Waals surface area contributed by atoms with Gasteiger partial charge in [-0.05, 0) is 43.4 Å². The lowest BCUT2D eigenvalue weighted by Gasteiger charge is -2.34. The van der Waals surface area contributed by atoms with Crippen molar-refractivity contribution in [3.8, 4) is 0 Å². The Kier molecular flexibility index (Phi) is 5.18. The Morgan fingerprint density at radius 2 is 1.84 bits per heavy atom. The molecular formula is C19H25N3O3. The van der Waals surface area contributed by atoms with E-state index in [1.165, 1.54) is 4.90 Å². The van der Waals surface area contributed by atoms with E-state index >= 15 is 0 Å². The smallest absolute Gasteiger partial charge is 0.253 e. The molecule has 0 spiro atoms. The summed E-state index contributed by atoms with van der Waals surface area (Å²) >= 11 is 0. The highest BCUT2D eigenvalue weighted by Crippen LogP contribution is 2.21. The molecule has 6 nitrogen and oxygen atoms in total. The van der Waals surface area contributed by atoms with Gasteiger partial charge < -0.3 is 10.6 Å². The predicted octanol–water partition coefficient (Wildman–Crippen LogP) is 1.53. The Morgan fingerprint density at radius 3 is 2.44 bits per heavy atom. The Morgan fingerprint density at radius 1 is 1.20 bits per heavy atom. The van der Waals surface area contributed by atoms with Crippen molar-refractivity contribution < 1.29 is 14.4 Å². The van der Waals surface area contributed by atoms with Crippen molar-refractivity contribution in [2.75, 3.05) is 13.1 Å². The molecule has 2 atom stereocenters. The van der Waals surface area contributed by atoms with E-state index in [0.29, 0.717) is 30.9 Å². The normalized spacial score (nSPS) is 22.4. The second-order valence-corrected chi connectivity index (χ2v) is 7.08. The number of piperidine rings is 1. The van der Waals surface area contributed by atoms with Crippen LogP contribution in [0.1, 0.15) is 48.5 Å². The van der Waals surface area contributed by atoms with Gasteiger partial charge in [0.05, 0.1) is 6.54 Å². The van der Waals surface area contributed by atoms with Crippen LogP contribution in [-0.4, -0.2) is 46.7 Å². The largest absolute Gasteiger partial charge is 0.338 e. The van der Waals surface area contributed by atoms with Gasteiger partial charge in [0.15, 0.2) is 0 Å². The van der Waals surface area contributed by atoms with Gasteiger partial charge in [-0.3, -0.25) is 19.3 Å². The van der Waals surface area contributed by atoms with Crippen LogP contribution in [0.5, 0.6) is 0 Å². The lowest BCUT2D eigenvalue weighted by Crippen LogP contribution is -2.45. The highest BCUT2D eigenvalue weighted by atomic mass is 16.2. The molecule has 0 aliphatic carbocycles. The number of amides is 3. The first-order valence-electron chi connectivity index (χ1n) is 8.92. The lowest BCUT2D eigenvalue weighted by atomic mass is 9.92. The van der Waals surface area contributed by atoms with Crippen molar-refractivity contribution in [3.05, 3.63) is 35.4 Å². The number of carbonyl (C=O) groups excluding carboxylic acids is 3. The number of benzene rings is 1. The van der Waals surface area contributed by atoms with Gasteiger partial charge in [-0.2, -0.15) is 0 Å². The second-order valence-electron chi connectivity index (χ2n) is 7.08. The minimum atomic E-state index is -0.125. The molecule has 2 saturated heterocycles. The highest BCUT2D eigenvalue weighted by molar-refractivity contribution is 6.01. The first-order valence-corrected chi connectivity index (χ1v) is 8.92. The Hall–Kier alpha value is -2.21. The number of rotatable bonds is 4. The molecule has 2 N–H and O–H groups in total. The maximum absolute atomic E-state index is 12.7. The standard InChI is InChI=1S/C19H25N3O3/c1-13(20)16-3-2-10-21(12-16)19(25)15-6-4-14(5-7-15)11-22-17(23)8-9-18(22)24/h4-7,13,16H,2-3,8-12,20H2,1H3. The monoisotopic (exact) mass is 343 g/mol. The molecule has 2 aliphatic heterocycles. The molecule has 3 rings (SSSR count). The summed E-state index contributed by atoms with van der Waals surface area (Å²) in [5.74, 6) is 0.121. The minimum absolute atomic E-state index is 0.0187. The number of likely N-dealkylation sites (tertiary alicyclic amines) is 2. The van der Waals surface area contributed by atoms with Crippen LogP contribution in [0.3, 0.4) is 0 Å². The van der Waals surface area contributed by atoms with Crippen molar-refractivity contribution >= 4 is 17.7 Å². The average Bonchev–Trinajstić information content (AvgIpc) is 2.94. The van der Waals surface area contributed by atoms with Gasteiger partial charge in [0.1, 0.15) is 0 Å². The number of nitrogens with zero attached hydrogens (tertiary/aromatic N) is 2. The number of hydrogen-bond acceptors (Lipinski definition) is 4. The number of hydrogen-bond donors (Lipinski definition) is 1. The maximum atomic E-state index is 12.7. The van der Waals surface area contributed by atoms with Gasteiger partial charge in [0, 0.05) is 37.5 Å². The number of nitrogens with two attached hydrogens (primary N) is 1. The molecular weight excluding hydrogens is 318 g/mol. The fraction of sp³-hybridized carbons (Fsp3) is 0.526. The van der Waals surface area contributed by atoms with Crippen LogP contribution in [0.15, 0.2) is 24.3 Å². The van der Waals surface area contributed by atoms with Crippen molar-refractivity contribution in [1.29, 1.82) is 0 Å². The van der Waals surface area contributed by atoms with Gasteiger partial charge in [-0.25, -0.2) is 0 Å². The highest BCUT2D eigenvalue weighted by Gasteiger charge is 2.29. The molecule has 0 saturated carbocycles. The van der Waals surface area contributed by atoms with Crippen LogP contribution in [0, 0.1) is 5.92 Å². The molecule has 0 aromatic heterocycles. The molecule has 2 fully saturated rings. The zero-order chi connectivity index (χ0) is 18.0. The van der Waals surface area contributed by atoms with E-state index < -0.39 is 0 Å². The zero-order valence-corrected chi connectivity index (χ0v) is 14.6. The molecule has 0 bridgehead atoms. The van der Waals surface area contributed by atoms with E-state index in [1.54, 1.807) is 12.1 Å². The third-order valence-electron chi connectivity index (χ3n) is 5.19. The van der Waals surface area contributed by atoms with Crippen molar-refractivity contribution in [3.63, 3.8) is 0 Å². The second kappa shape index (κ2) is 7.35. The summed E-state index contributed by atoms with van der Waals surface area (Å²) in [5, 5.41) is 0. The summed E-state index contributed by atoms with van der Waals surface area (Å²) in [7, 11) is 0. The van der Waals surface area contributed by atoms with Crippen LogP contribution < -0.4 is 5.73 Å². The summed E-state index contributed by atoms with van der Waals surface area (Å²) in [6, 6.07) is 7.28. The van der Waals surface area contributed by atoms with E-state index in [9.17, 15) is 14.4 Å². The Balaban J connectivity index is 1.64. The first kappa shape index (κ1) is 17.6. The molecule has 2 unspecified atom stereocenters. The third kappa shape index (κ3) is 3.90. The predicted molar refractivity (Wildman–Crippen MR) is 93.5 cm³/mol. The summed E-state index contributed by atoms with van der Waals surface area (Å²) in [6.45, 7) is 3.74. The average molecular weight is 343 g/mol. The molecule has 1 aromatic carbocycles. The van der Waals surface area contributed by atoms with E-state index in [2.05, 4.69) is 0 Å². The molecule has 1 aromatic rings. The molecule has 0 radical (unpaired) electrons. The van der Waals surface area contributed by atoms with Crippen molar-refractivity contribution in [2.24, 2.45) is 11.7 Å². The topological polar surface area (TPSA) is 83.7 Å². The van der Waals surface area contributed by atoms with Gasteiger partial charge in [0.2, 0.25) is 11.8 Å². The molecule has 3 amide bonds. The van der Waals surface area contributed by atoms with Crippen LogP contribution >= 0.6 is 0 Å². The van der Waals surface area contributed by atoms with Crippen LogP contribution in [0.2, 0.25) is 0 Å². The van der Waals surface area contributed by atoms with E-state index in [-0.39, 0.29) is 30.3 Å². The lowest BCUT2D eigenvalue weighted by molar-refractivity contribution is -0.139. The Bertz CT molecular complexity index is 653. The molecule has 6 heteroatoms. The van der Waals surface area contributed by atoms with Crippen molar-refractivity contribution in [1.82, 2.24) is 9.80 Å². The Labute approximate surface area is 148 Å². The number of carbonyl (C=O) groups is 3. The molecule has 25 heavy (non-hydrogen) atoms. The minimum Gasteiger partial charge on any atom is -0.338 e. The van der Waals surface area contributed by atoms with Gasteiger partial charge >= 0.3 is 0 Å².